The van der Waals surface area contributed by atoms with Crippen LogP contribution in [0.2, 0.25) is 5.02 Å². The molecule has 0 saturated carbocycles. The summed E-state index contributed by atoms with van der Waals surface area (Å²) in [4.78, 5) is 0. The Labute approximate surface area is 133 Å². The monoisotopic (exact) mass is 338 g/mol. The largest absolute Gasteiger partial charge is 0.266 e. The molecule has 4 nitrogen and oxygen atoms in total. The zero-order valence-corrected chi connectivity index (χ0v) is 13.2. The molecule has 0 fully saturated rings. The number of rotatable bonds is 4. The SMILES string of the molecule is CS(=O)(=O)N(Cc1c(F)cccc1Cl)c1ccc(C#N)cc1. The van der Waals surface area contributed by atoms with Crippen LogP contribution in [0, 0.1) is 17.1 Å². The maximum absolute atomic E-state index is 13.9. The number of hydrogen-bond acceptors (Lipinski definition) is 3. The van der Waals surface area contributed by atoms with Gasteiger partial charge in [-0.1, -0.05) is 17.7 Å². The quantitative estimate of drug-likeness (QED) is 0.859. The summed E-state index contributed by atoms with van der Waals surface area (Å²) in [5, 5.41) is 8.94. The lowest BCUT2D eigenvalue weighted by Gasteiger charge is -2.23. The molecule has 0 bridgehead atoms. The molecule has 114 valence electrons. The van der Waals surface area contributed by atoms with Crippen molar-refractivity contribution in [1.82, 2.24) is 0 Å². The van der Waals surface area contributed by atoms with Gasteiger partial charge in [-0.15, -0.1) is 0 Å². The molecule has 0 atom stereocenters. The van der Waals surface area contributed by atoms with E-state index in [2.05, 4.69) is 0 Å². The van der Waals surface area contributed by atoms with Crippen molar-refractivity contribution in [2.75, 3.05) is 10.6 Å². The Kier molecular flexibility index (Phi) is 4.69. The predicted octanol–water partition coefficient (Wildman–Crippen LogP) is 3.32. The first-order valence-electron chi connectivity index (χ1n) is 6.23. The summed E-state index contributed by atoms with van der Waals surface area (Å²) < 4.78 is 38.9. The zero-order valence-electron chi connectivity index (χ0n) is 11.6. The van der Waals surface area contributed by atoms with Gasteiger partial charge in [-0.05, 0) is 36.4 Å². The average Bonchev–Trinajstić information content (AvgIpc) is 2.46. The van der Waals surface area contributed by atoms with Crippen molar-refractivity contribution < 1.29 is 12.8 Å². The number of benzene rings is 2. The standard InChI is InChI=1S/C15H12ClFN2O2S/c1-22(20,21)19(12-7-5-11(9-18)6-8-12)10-13-14(16)3-2-4-15(13)17/h2-8H,10H2,1H3. The highest BCUT2D eigenvalue weighted by atomic mass is 35.5. The van der Waals surface area contributed by atoms with Gasteiger partial charge < -0.3 is 0 Å². The fourth-order valence-corrected chi connectivity index (χ4v) is 3.02. The van der Waals surface area contributed by atoms with Gasteiger partial charge in [0.2, 0.25) is 10.0 Å². The van der Waals surface area contributed by atoms with Crippen molar-refractivity contribution in [2.24, 2.45) is 0 Å². The third-order valence-electron chi connectivity index (χ3n) is 3.05. The van der Waals surface area contributed by atoms with E-state index in [1.54, 1.807) is 0 Å². The number of nitriles is 1. The number of hydrogen-bond donors (Lipinski definition) is 0. The van der Waals surface area contributed by atoms with E-state index in [0.29, 0.717) is 11.3 Å². The Balaban J connectivity index is 2.46. The van der Waals surface area contributed by atoms with Crippen molar-refractivity contribution >= 4 is 27.3 Å². The lowest BCUT2D eigenvalue weighted by molar-refractivity contribution is 0.590. The van der Waals surface area contributed by atoms with E-state index in [1.165, 1.54) is 42.5 Å². The predicted molar refractivity (Wildman–Crippen MR) is 83.6 cm³/mol. The number of anilines is 1. The van der Waals surface area contributed by atoms with Gasteiger partial charge in [0.1, 0.15) is 5.82 Å². The average molecular weight is 339 g/mol. The summed E-state index contributed by atoms with van der Waals surface area (Å²) in [6.07, 6.45) is 1.03. The topological polar surface area (TPSA) is 61.2 Å². The summed E-state index contributed by atoms with van der Waals surface area (Å²) in [7, 11) is -3.64. The van der Waals surface area contributed by atoms with Gasteiger partial charge in [-0.2, -0.15) is 5.26 Å². The smallest absolute Gasteiger partial charge is 0.232 e. The van der Waals surface area contributed by atoms with E-state index in [1.807, 2.05) is 6.07 Å². The van der Waals surface area contributed by atoms with Crippen molar-refractivity contribution in [3.8, 4) is 6.07 Å². The van der Waals surface area contributed by atoms with Crippen LogP contribution in [0.15, 0.2) is 42.5 Å². The minimum atomic E-state index is -3.64. The van der Waals surface area contributed by atoms with Crippen LogP contribution in [0.5, 0.6) is 0 Å². The van der Waals surface area contributed by atoms with Gasteiger partial charge in [0.25, 0.3) is 0 Å². The Morgan fingerprint density at radius 1 is 1.23 bits per heavy atom. The second kappa shape index (κ2) is 6.34. The van der Waals surface area contributed by atoms with Crippen LogP contribution in [0.1, 0.15) is 11.1 Å². The summed E-state index contributed by atoms with van der Waals surface area (Å²) in [6, 6.07) is 12.1. The normalized spacial score (nSPS) is 11.0. The first kappa shape index (κ1) is 16.3. The molecule has 2 rings (SSSR count). The third-order valence-corrected chi connectivity index (χ3v) is 4.54. The maximum atomic E-state index is 13.9. The molecule has 0 spiro atoms. The Bertz CT molecular complexity index is 809. The van der Waals surface area contributed by atoms with Gasteiger partial charge >= 0.3 is 0 Å². The minimum absolute atomic E-state index is 0.0963. The molecule has 0 heterocycles. The lowest BCUT2D eigenvalue weighted by atomic mass is 10.2. The molecular formula is C15H12ClFN2O2S. The van der Waals surface area contributed by atoms with Crippen LogP contribution in [0.3, 0.4) is 0 Å². The number of nitrogens with zero attached hydrogens (tertiary/aromatic N) is 2. The number of sulfonamides is 1. The van der Waals surface area contributed by atoms with Crippen LogP contribution in [-0.4, -0.2) is 14.7 Å². The molecule has 7 heteroatoms. The summed E-state index contributed by atoms with van der Waals surface area (Å²) in [5.74, 6) is -0.574. The molecule has 0 aliphatic rings. The van der Waals surface area contributed by atoms with E-state index in [4.69, 9.17) is 16.9 Å². The van der Waals surface area contributed by atoms with E-state index in [0.717, 1.165) is 10.6 Å². The van der Waals surface area contributed by atoms with Gasteiger partial charge in [0.15, 0.2) is 0 Å². The van der Waals surface area contributed by atoms with E-state index >= 15 is 0 Å². The summed E-state index contributed by atoms with van der Waals surface area (Å²) in [6.45, 7) is -0.226. The second-order valence-electron chi connectivity index (χ2n) is 4.63. The molecule has 2 aromatic rings. The highest BCUT2D eigenvalue weighted by molar-refractivity contribution is 7.92. The molecule has 0 aliphatic carbocycles. The first-order chi connectivity index (χ1) is 10.3. The molecule has 0 saturated heterocycles. The molecule has 22 heavy (non-hydrogen) atoms. The molecular weight excluding hydrogens is 327 g/mol. The van der Waals surface area contributed by atoms with E-state index < -0.39 is 15.8 Å². The Morgan fingerprint density at radius 3 is 2.36 bits per heavy atom. The minimum Gasteiger partial charge on any atom is -0.266 e. The highest BCUT2D eigenvalue weighted by Gasteiger charge is 2.21. The first-order valence-corrected chi connectivity index (χ1v) is 8.46. The Hall–Kier alpha value is -2.10. The van der Waals surface area contributed by atoms with E-state index in [9.17, 15) is 12.8 Å². The highest BCUT2D eigenvalue weighted by Crippen LogP contribution is 2.26. The van der Waals surface area contributed by atoms with Crippen LogP contribution in [0.25, 0.3) is 0 Å². The van der Waals surface area contributed by atoms with Crippen molar-refractivity contribution in [3.05, 3.63) is 64.4 Å². The molecule has 0 radical (unpaired) electrons. The fraction of sp³-hybridized carbons (Fsp3) is 0.133. The van der Waals surface area contributed by atoms with E-state index in [-0.39, 0.29) is 17.1 Å². The van der Waals surface area contributed by atoms with Gasteiger partial charge in [0.05, 0.1) is 30.1 Å². The van der Waals surface area contributed by atoms with Crippen molar-refractivity contribution in [2.45, 2.75) is 6.54 Å². The van der Waals surface area contributed by atoms with Crippen LogP contribution in [0.4, 0.5) is 10.1 Å². The number of halogens is 2. The molecule has 2 aromatic carbocycles. The third kappa shape index (κ3) is 3.56. The van der Waals surface area contributed by atoms with Gasteiger partial charge in [0, 0.05) is 10.6 Å². The van der Waals surface area contributed by atoms with Crippen LogP contribution < -0.4 is 4.31 Å². The Morgan fingerprint density at radius 2 is 1.86 bits per heavy atom. The molecule has 0 N–H and O–H groups in total. The summed E-state index contributed by atoms with van der Waals surface area (Å²) >= 11 is 5.95. The van der Waals surface area contributed by atoms with Crippen molar-refractivity contribution in [1.29, 1.82) is 5.26 Å². The van der Waals surface area contributed by atoms with Gasteiger partial charge in [-0.25, -0.2) is 12.8 Å². The molecule has 0 aliphatic heterocycles. The lowest BCUT2D eigenvalue weighted by Crippen LogP contribution is -2.29. The second-order valence-corrected chi connectivity index (χ2v) is 6.94. The van der Waals surface area contributed by atoms with Crippen molar-refractivity contribution in [3.63, 3.8) is 0 Å². The molecule has 0 aromatic heterocycles. The van der Waals surface area contributed by atoms with Crippen LogP contribution >= 0.6 is 11.6 Å². The zero-order chi connectivity index (χ0) is 16.3. The fourth-order valence-electron chi connectivity index (χ4n) is 1.93. The summed E-state index contributed by atoms with van der Waals surface area (Å²) in [5.41, 5.74) is 0.834. The van der Waals surface area contributed by atoms with Gasteiger partial charge in [-0.3, -0.25) is 4.31 Å². The maximum Gasteiger partial charge on any atom is 0.232 e. The molecule has 0 amide bonds. The van der Waals surface area contributed by atoms with Crippen LogP contribution in [-0.2, 0) is 16.6 Å². The molecule has 0 unspecified atom stereocenters.